The van der Waals surface area contributed by atoms with Crippen molar-refractivity contribution < 1.29 is 13.0 Å². The van der Waals surface area contributed by atoms with Crippen LogP contribution in [0.25, 0.3) is 33.2 Å². The van der Waals surface area contributed by atoms with Crippen molar-refractivity contribution in [1.82, 2.24) is 4.98 Å². The SMILES string of the molecule is Cc1ccc(-c2ccc(Cl)cc2)c(-c2ccc(N=Nc3cc(S(=O)(=O)O)c4ccccc4c3N)cn2)c1.[NaH]. The standard InChI is InChI=1S/C28H21ClN4O3S.Na.H/c1-17-6-12-21(18-7-9-19(29)10-8-18)24(14-17)25-13-11-20(16-31-25)32-33-26-15-27(37(34,35)36)22-4-2-3-5-23(22)28(26)30;;/h2-16H,30H2,1H3,(H,34,35,36);;. The summed E-state index contributed by atoms with van der Waals surface area (Å²) in [5.74, 6) is 0. The second-order valence-electron chi connectivity index (χ2n) is 8.49. The molecular formula is C28H22ClN4NaO3S. The van der Waals surface area contributed by atoms with E-state index in [0.717, 1.165) is 27.9 Å². The second-order valence-corrected chi connectivity index (χ2v) is 10.3. The maximum atomic E-state index is 12.0. The van der Waals surface area contributed by atoms with Gasteiger partial charge in [0.15, 0.2) is 0 Å². The van der Waals surface area contributed by atoms with Crippen LogP contribution in [0.15, 0.2) is 106 Å². The van der Waals surface area contributed by atoms with E-state index in [0.29, 0.717) is 21.5 Å². The van der Waals surface area contributed by atoms with E-state index < -0.39 is 10.1 Å². The Hall–Kier alpha value is -3.11. The summed E-state index contributed by atoms with van der Waals surface area (Å²) in [4.78, 5) is 4.30. The molecule has 1 aromatic heterocycles. The van der Waals surface area contributed by atoms with Crippen LogP contribution >= 0.6 is 11.6 Å². The fourth-order valence-corrected chi connectivity index (χ4v) is 4.96. The van der Waals surface area contributed by atoms with Gasteiger partial charge in [0, 0.05) is 21.4 Å². The monoisotopic (exact) mass is 552 g/mol. The Morgan fingerprint density at radius 3 is 2.24 bits per heavy atom. The Balaban J connectivity index is 0.00000336. The van der Waals surface area contributed by atoms with Crippen LogP contribution in [-0.2, 0) is 10.1 Å². The van der Waals surface area contributed by atoms with Crippen molar-refractivity contribution in [1.29, 1.82) is 0 Å². The van der Waals surface area contributed by atoms with Gasteiger partial charge in [0.1, 0.15) is 16.3 Å². The number of hydrogen-bond acceptors (Lipinski definition) is 6. The number of benzene rings is 4. The molecule has 3 N–H and O–H groups in total. The molecule has 0 aliphatic heterocycles. The predicted molar refractivity (Wildman–Crippen MR) is 154 cm³/mol. The summed E-state index contributed by atoms with van der Waals surface area (Å²) in [6.07, 6.45) is 1.58. The van der Waals surface area contributed by atoms with Crippen LogP contribution in [-0.4, -0.2) is 47.5 Å². The molecule has 5 aromatic rings. The van der Waals surface area contributed by atoms with Crippen molar-refractivity contribution in [2.75, 3.05) is 5.73 Å². The molecule has 38 heavy (non-hydrogen) atoms. The summed E-state index contributed by atoms with van der Waals surface area (Å²) in [5, 5.41) is 9.79. The van der Waals surface area contributed by atoms with Crippen LogP contribution in [0.2, 0.25) is 5.02 Å². The summed E-state index contributed by atoms with van der Waals surface area (Å²) < 4.78 is 33.6. The first-order valence-corrected chi connectivity index (χ1v) is 13.1. The van der Waals surface area contributed by atoms with E-state index in [1.165, 1.54) is 6.07 Å². The zero-order valence-electron chi connectivity index (χ0n) is 19.6. The van der Waals surface area contributed by atoms with Crippen molar-refractivity contribution in [3.05, 3.63) is 102 Å². The molecule has 0 unspecified atom stereocenters. The van der Waals surface area contributed by atoms with Crippen LogP contribution < -0.4 is 5.73 Å². The predicted octanol–water partition coefficient (Wildman–Crippen LogP) is 7.13. The van der Waals surface area contributed by atoms with Crippen molar-refractivity contribution in [3.63, 3.8) is 0 Å². The van der Waals surface area contributed by atoms with Gasteiger partial charge in [-0.15, -0.1) is 10.2 Å². The molecule has 0 bridgehead atoms. The van der Waals surface area contributed by atoms with Crippen molar-refractivity contribution in [3.8, 4) is 22.4 Å². The Labute approximate surface area is 247 Å². The number of anilines is 1. The van der Waals surface area contributed by atoms with Crippen LogP contribution in [0, 0.1) is 6.92 Å². The van der Waals surface area contributed by atoms with Crippen molar-refractivity contribution in [2.24, 2.45) is 10.2 Å². The number of fused-ring (bicyclic) bond motifs is 1. The third-order valence-corrected chi connectivity index (χ3v) is 7.08. The van der Waals surface area contributed by atoms with Gasteiger partial charge < -0.3 is 5.73 Å². The molecule has 0 radical (unpaired) electrons. The van der Waals surface area contributed by atoms with Gasteiger partial charge in [-0.25, -0.2) is 0 Å². The van der Waals surface area contributed by atoms with Gasteiger partial charge in [0.25, 0.3) is 10.1 Å². The molecule has 0 spiro atoms. The number of azo groups is 1. The number of halogens is 1. The number of nitrogens with zero attached hydrogens (tertiary/aromatic N) is 3. The topological polar surface area (TPSA) is 118 Å². The molecule has 0 saturated heterocycles. The summed E-state index contributed by atoms with van der Waals surface area (Å²) in [5.41, 5.74) is 11.9. The molecule has 186 valence electrons. The minimum absolute atomic E-state index is 0. The Morgan fingerprint density at radius 1 is 0.868 bits per heavy atom. The fraction of sp³-hybridized carbons (Fsp3) is 0.0357. The molecule has 4 aromatic carbocycles. The molecule has 0 amide bonds. The second kappa shape index (κ2) is 11.3. The van der Waals surface area contributed by atoms with Crippen LogP contribution in [0.3, 0.4) is 0 Å². The third kappa shape index (κ3) is 5.81. The number of pyridine rings is 1. The third-order valence-electron chi connectivity index (χ3n) is 5.93. The van der Waals surface area contributed by atoms with Crippen LogP contribution in [0.1, 0.15) is 5.56 Å². The van der Waals surface area contributed by atoms with Crippen LogP contribution in [0.4, 0.5) is 17.1 Å². The van der Waals surface area contributed by atoms with E-state index in [1.54, 1.807) is 36.5 Å². The first kappa shape index (κ1) is 27.9. The minimum atomic E-state index is -4.50. The molecule has 5 rings (SSSR count). The molecule has 0 atom stereocenters. The average Bonchev–Trinajstić information content (AvgIpc) is 2.88. The van der Waals surface area contributed by atoms with Crippen LogP contribution in [0.5, 0.6) is 0 Å². The Morgan fingerprint density at radius 2 is 1.58 bits per heavy atom. The van der Waals surface area contributed by atoms with Gasteiger partial charge in [-0.1, -0.05) is 65.7 Å². The normalized spacial score (nSPS) is 11.6. The van der Waals surface area contributed by atoms with Gasteiger partial charge in [0.05, 0.1) is 17.6 Å². The maximum absolute atomic E-state index is 12.0. The van der Waals surface area contributed by atoms with Crippen molar-refractivity contribution >= 4 is 79.1 Å². The molecule has 0 aliphatic rings. The van der Waals surface area contributed by atoms with Gasteiger partial charge in [-0.3, -0.25) is 9.54 Å². The van der Waals surface area contributed by atoms with Gasteiger partial charge in [-0.2, -0.15) is 8.42 Å². The number of nitrogen functional groups attached to an aromatic ring is 1. The van der Waals surface area contributed by atoms with E-state index in [2.05, 4.69) is 27.3 Å². The number of aromatic nitrogens is 1. The quantitative estimate of drug-likeness (QED) is 0.104. The number of rotatable bonds is 5. The zero-order valence-corrected chi connectivity index (χ0v) is 21.2. The molecule has 10 heteroatoms. The van der Waals surface area contributed by atoms with E-state index in [1.807, 2.05) is 43.3 Å². The summed E-state index contributed by atoms with van der Waals surface area (Å²) >= 11 is 6.06. The van der Waals surface area contributed by atoms with E-state index in [9.17, 15) is 13.0 Å². The van der Waals surface area contributed by atoms with Gasteiger partial charge in [0.2, 0.25) is 0 Å². The van der Waals surface area contributed by atoms with E-state index in [-0.39, 0.29) is 45.8 Å². The number of hydrogen-bond donors (Lipinski definition) is 2. The summed E-state index contributed by atoms with van der Waals surface area (Å²) in [6.45, 7) is 2.02. The van der Waals surface area contributed by atoms with Gasteiger partial charge >= 0.3 is 29.6 Å². The van der Waals surface area contributed by atoms with E-state index >= 15 is 0 Å². The molecule has 0 saturated carbocycles. The average molecular weight is 553 g/mol. The first-order chi connectivity index (χ1) is 17.7. The first-order valence-electron chi connectivity index (χ1n) is 11.2. The molecule has 0 aliphatic carbocycles. The molecule has 1 heterocycles. The van der Waals surface area contributed by atoms with Crippen molar-refractivity contribution in [2.45, 2.75) is 11.8 Å². The molecule has 0 fully saturated rings. The Kier molecular flexibility index (Phi) is 8.32. The molecular weight excluding hydrogens is 531 g/mol. The number of nitrogens with two attached hydrogens (primary N) is 1. The Bertz CT molecular complexity index is 1780. The fourth-order valence-electron chi connectivity index (χ4n) is 4.11. The number of aryl methyl sites for hydroxylation is 1. The zero-order chi connectivity index (χ0) is 26.2. The molecule has 7 nitrogen and oxygen atoms in total. The van der Waals surface area contributed by atoms with Gasteiger partial charge in [-0.05, 0) is 54.4 Å². The summed E-state index contributed by atoms with van der Waals surface area (Å²) in [6, 6.07) is 25.2. The van der Waals surface area contributed by atoms with E-state index in [4.69, 9.17) is 17.3 Å². The summed E-state index contributed by atoms with van der Waals surface area (Å²) in [7, 11) is -4.50.